The van der Waals surface area contributed by atoms with Crippen LogP contribution in [0.5, 0.6) is 0 Å². The summed E-state index contributed by atoms with van der Waals surface area (Å²) in [6.45, 7) is 3.37. The number of nitrogens with one attached hydrogen (secondary N) is 1. The standard InChI is InChI=1S/C22H28BN3O3/c24-13-15-2-1-3-17(10-15)16-5-8-26(9-6-16)22(27)19-11-18-4-7-25-14-20(18)21(12-19)23(28)29/h1-3,10-12,16,25,28-29H,4-9,13-14,24H2. The number of carbonyl (C=O) groups is 1. The number of likely N-dealkylation sites (tertiary alicyclic amines) is 1. The van der Waals surface area contributed by atoms with Gasteiger partial charge in [-0.2, -0.15) is 0 Å². The summed E-state index contributed by atoms with van der Waals surface area (Å²) < 4.78 is 0. The molecule has 0 unspecified atom stereocenters. The van der Waals surface area contributed by atoms with Crippen molar-refractivity contribution in [3.05, 3.63) is 64.2 Å². The third-order valence-electron chi connectivity index (χ3n) is 6.22. The van der Waals surface area contributed by atoms with E-state index in [2.05, 4.69) is 23.5 Å². The Labute approximate surface area is 171 Å². The highest BCUT2D eigenvalue weighted by Gasteiger charge is 2.28. The monoisotopic (exact) mass is 393 g/mol. The summed E-state index contributed by atoms with van der Waals surface area (Å²) in [5.41, 5.74) is 11.1. The zero-order valence-electron chi connectivity index (χ0n) is 16.6. The van der Waals surface area contributed by atoms with Crippen LogP contribution < -0.4 is 16.5 Å². The molecule has 5 N–H and O–H groups in total. The molecule has 4 rings (SSSR count). The highest BCUT2D eigenvalue weighted by Crippen LogP contribution is 2.29. The van der Waals surface area contributed by atoms with Gasteiger partial charge in [0.25, 0.3) is 5.91 Å². The van der Waals surface area contributed by atoms with Gasteiger partial charge >= 0.3 is 7.12 Å². The minimum absolute atomic E-state index is 0.0256. The topological polar surface area (TPSA) is 98.8 Å². The third-order valence-corrected chi connectivity index (χ3v) is 6.22. The van der Waals surface area contributed by atoms with Gasteiger partial charge in [-0.3, -0.25) is 4.79 Å². The van der Waals surface area contributed by atoms with Crippen LogP contribution in [0.15, 0.2) is 36.4 Å². The van der Waals surface area contributed by atoms with Crippen LogP contribution in [0.1, 0.15) is 51.4 Å². The van der Waals surface area contributed by atoms with Gasteiger partial charge in [0, 0.05) is 31.7 Å². The molecule has 6 nitrogen and oxygen atoms in total. The first-order valence-corrected chi connectivity index (χ1v) is 10.4. The number of nitrogens with zero attached hydrogens (tertiary/aromatic N) is 1. The normalized spacial score (nSPS) is 17.1. The van der Waals surface area contributed by atoms with Crippen molar-refractivity contribution in [1.82, 2.24) is 10.2 Å². The molecule has 1 fully saturated rings. The van der Waals surface area contributed by atoms with E-state index in [0.717, 1.165) is 42.5 Å². The van der Waals surface area contributed by atoms with Gasteiger partial charge in [-0.05, 0) is 71.6 Å². The average molecular weight is 393 g/mol. The maximum absolute atomic E-state index is 13.1. The molecule has 1 amide bonds. The molecule has 0 aliphatic carbocycles. The average Bonchev–Trinajstić information content (AvgIpc) is 2.78. The van der Waals surface area contributed by atoms with Crippen molar-refractivity contribution in [2.24, 2.45) is 5.73 Å². The second kappa shape index (κ2) is 8.67. The second-order valence-electron chi connectivity index (χ2n) is 8.02. The highest BCUT2D eigenvalue weighted by atomic mass is 16.4. The first kappa shape index (κ1) is 20.1. The summed E-state index contributed by atoms with van der Waals surface area (Å²) in [5.74, 6) is 0.414. The molecule has 0 spiro atoms. The van der Waals surface area contributed by atoms with Gasteiger partial charge in [-0.1, -0.05) is 24.3 Å². The Balaban J connectivity index is 1.49. The maximum atomic E-state index is 13.1. The van der Waals surface area contributed by atoms with Crippen molar-refractivity contribution in [2.45, 2.75) is 38.3 Å². The van der Waals surface area contributed by atoms with Crippen molar-refractivity contribution in [2.75, 3.05) is 19.6 Å². The number of nitrogens with two attached hydrogens (primary N) is 1. The van der Waals surface area contributed by atoms with E-state index in [1.807, 2.05) is 17.0 Å². The first-order valence-electron chi connectivity index (χ1n) is 10.4. The zero-order valence-corrected chi connectivity index (χ0v) is 16.6. The summed E-state index contributed by atoms with van der Waals surface area (Å²) in [4.78, 5) is 15.0. The predicted octanol–water partition coefficient (Wildman–Crippen LogP) is 0.491. The Hall–Kier alpha value is -2.19. The number of piperidine rings is 1. The minimum Gasteiger partial charge on any atom is -0.423 e. The van der Waals surface area contributed by atoms with Gasteiger partial charge in [0.15, 0.2) is 0 Å². The molecule has 152 valence electrons. The number of hydrogen-bond donors (Lipinski definition) is 4. The fraction of sp³-hybridized carbons (Fsp3) is 0.409. The molecule has 1 saturated heterocycles. The number of amides is 1. The van der Waals surface area contributed by atoms with E-state index < -0.39 is 7.12 Å². The lowest BCUT2D eigenvalue weighted by molar-refractivity contribution is 0.0713. The minimum atomic E-state index is -1.57. The van der Waals surface area contributed by atoms with Crippen LogP contribution in [0.2, 0.25) is 0 Å². The number of rotatable bonds is 4. The van der Waals surface area contributed by atoms with Gasteiger partial charge in [-0.25, -0.2) is 0 Å². The molecule has 0 saturated carbocycles. The number of carbonyl (C=O) groups excluding carboxylic acids is 1. The lowest BCUT2D eigenvalue weighted by atomic mass is 9.73. The summed E-state index contributed by atoms with van der Waals surface area (Å²) in [7, 11) is -1.57. The maximum Gasteiger partial charge on any atom is 0.488 e. The SMILES string of the molecule is NCc1cccc(C2CCN(C(=O)c3cc4c(c(B(O)O)c3)CNCC4)CC2)c1. The van der Waals surface area contributed by atoms with E-state index in [9.17, 15) is 14.8 Å². The van der Waals surface area contributed by atoms with Crippen molar-refractivity contribution in [1.29, 1.82) is 0 Å². The van der Waals surface area contributed by atoms with Crippen molar-refractivity contribution >= 4 is 18.5 Å². The predicted molar refractivity (Wildman–Crippen MR) is 114 cm³/mol. The molecular formula is C22H28BN3O3. The van der Waals surface area contributed by atoms with Crippen LogP contribution in [0.3, 0.4) is 0 Å². The third kappa shape index (κ3) is 4.23. The van der Waals surface area contributed by atoms with E-state index in [-0.39, 0.29) is 5.91 Å². The summed E-state index contributed by atoms with van der Waals surface area (Å²) in [5, 5.41) is 22.8. The van der Waals surface area contributed by atoms with Crippen LogP contribution in [0.25, 0.3) is 0 Å². The van der Waals surface area contributed by atoms with Crippen LogP contribution >= 0.6 is 0 Å². The molecular weight excluding hydrogens is 365 g/mol. The molecule has 0 radical (unpaired) electrons. The molecule has 0 atom stereocenters. The lowest BCUT2D eigenvalue weighted by Crippen LogP contribution is -2.41. The van der Waals surface area contributed by atoms with Gasteiger partial charge < -0.3 is 26.0 Å². The molecule has 0 aromatic heterocycles. The Morgan fingerprint density at radius 1 is 1.21 bits per heavy atom. The van der Waals surface area contributed by atoms with E-state index in [4.69, 9.17) is 5.73 Å². The molecule has 2 heterocycles. The largest absolute Gasteiger partial charge is 0.488 e. The van der Waals surface area contributed by atoms with Crippen LogP contribution in [0.4, 0.5) is 0 Å². The first-order chi connectivity index (χ1) is 14.1. The Morgan fingerprint density at radius 2 is 2.00 bits per heavy atom. The van der Waals surface area contributed by atoms with Crippen LogP contribution in [-0.4, -0.2) is 47.6 Å². The highest BCUT2D eigenvalue weighted by molar-refractivity contribution is 6.59. The smallest absolute Gasteiger partial charge is 0.423 e. The van der Waals surface area contributed by atoms with Gasteiger partial charge in [0.1, 0.15) is 0 Å². The molecule has 2 aromatic rings. The lowest BCUT2D eigenvalue weighted by Gasteiger charge is -2.33. The van der Waals surface area contributed by atoms with E-state index in [1.54, 1.807) is 6.07 Å². The van der Waals surface area contributed by atoms with Crippen LogP contribution in [-0.2, 0) is 19.5 Å². The molecule has 2 aliphatic rings. The van der Waals surface area contributed by atoms with Gasteiger partial charge in [-0.15, -0.1) is 0 Å². The second-order valence-corrected chi connectivity index (χ2v) is 8.02. The Bertz CT molecular complexity index is 895. The van der Waals surface area contributed by atoms with E-state index in [0.29, 0.717) is 43.1 Å². The number of fused-ring (bicyclic) bond motifs is 1. The Kier molecular flexibility index (Phi) is 6.01. The summed E-state index contributed by atoms with van der Waals surface area (Å²) in [6.07, 6.45) is 2.63. The number of benzene rings is 2. The quantitative estimate of drug-likeness (QED) is 0.567. The molecule has 2 aromatic carbocycles. The van der Waals surface area contributed by atoms with Gasteiger partial charge in [0.05, 0.1) is 0 Å². The summed E-state index contributed by atoms with van der Waals surface area (Å²) in [6, 6.07) is 12.0. The van der Waals surface area contributed by atoms with Crippen molar-refractivity contribution in [3.63, 3.8) is 0 Å². The fourth-order valence-electron chi connectivity index (χ4n) is 4.56. The van der Waals surface area contributed by atoms with Gasteiger partial charge in [0.2, 0.25) is 0 Å². The molecule has 29 heavy (non-hydrogen) atoms. The molecule has 0 bridgehead atoms. The van der Waals surface area contributed by atoms with E-state index >= 15 is 0 Å². The molecule has 2 aliphatic heterocycles. The summed E-state index contributed by atoms with van der Waals surface area (Å²) >= 11 is 0. The van der Waals surface area contributed by atoms with E-state index in [1.165, 1.54) is 5.56 Å². The number of hydrogen-bond acceptors (Lipinski definition) is 5. The zero-order chi connectivity index (χ0) is 20.4. The molecule has 7 heteroatoms. The van der Waals surface area contributed by atoms with Crippen molar-refractivity contribution in [3.8, 4) is 0 Å². The fourth-order valence-corrected chi connectivity index (χ4v) is 4.56. The van der Waals surface area contributed by atoms with Crippen LogP contribution in [0, 0.1) is 0 Å². The van der Waals surface area contributed by atoms with Crippen molar-refractivity contribution < 1.29 is 14.8 Å². The Morgan fingerprint density at radius 3 is 2.72 bits per heavy atom.